The molecule has 0 nitrogen and oxygen atoms in total. The van der Waals surface area contributed by atoms with Gasteiger partial charge in [-0.3, -0.25) is 0 Å². The van der Waals surface area contributed by atoms with Crippen molar-refractivity contribution in [2.75, 3.05) is 0 Å². The first-order chi connectivity index (χ1) is 8.24. The molecule has 88 valence electrons. The third-order valence-electron chi connectivity index (χ3n) is 3.12. The van der Waals surface area contributed by atoms with Crippen LogP contribution in [0.1, 0.15) is 26.7 Å². The van der Waals surface area contributed by atoms with Crippen molar-refractivity contribution in [1.29, 1.82) is 0 Å². The Morgan fingerprint density at radius 1 is 1.35 bits per heavy atom. The summed E-state index contributed by atoms with van der Waals surface area (Å²) in [5.41, 5.74) is 10.0. The highest BCUT2D eigenvalue weighted by molar-refractivity contribution is 5.25. The molecular formula is C17H20. The standard InChI is InChI=1S/C17H20/c1-4-5-10-15(2)16(3)13-14-17-11-8-6-7-9-12-17/h4-5,8,10-12,15-16H,1,13-14H2,2-3H3. The van der Waals surface area contributed by atoms with Gasteiger partial charge in [-0.25, -0.2) is 0 Å². The third-order valence-corrected chi connectivity index (χ3v) is 3.12. The van der Waals surface area contributed by atoms with Gasteiger partial charge in [0.25, 0.3) is 0 Å². The Bertz CT molecular complexity index is 440. The Morgan fingerprint density at radius 2 is 2.18 bits per heavy atom. The van der Waals surface area contributed by atoms with Crippen LogP contribution in [0.4, 0.5) is 0 Å². The van der Waals surface area contributed by atoms with Gasteiger partial charge in [-0.1, -0.05) is 50.1 Å². The molecule has 0 aromatic carbocycles. The van der Waals surface area contributed by atoms with Crippen LogP contribution in [-0.2, 0) is 0 Å². The number of hydrogen-bond donors (Lipinski definition) is 0. The molecule has 17 heavy (non-hydrogen) atoms. The lowest BCUT2D eigenvalue weighted by Gasteiger charge is -2.16. The van der Waals surface area contributed by atoms with Crippen LogP contribution in [0.2, 0.25) is 0 Å². The van der Waals surface area contributed by atoms with Gasteiger partial charge in [0.1, 0.15) is 0 Å². The van der Waals surface area contributed by atoms with E-state index in [2.05, 4.69) is 49.8 Å². The summed E-state index contributed by atoms with van der Waals surface area (Å²) in [6.45, 7) is 8.24. The predicted molar refractivity (Wildman–Crippen MR) is 74.7 cm³/mol. The van der Waals surface area contributed by atoms with Crippen molar-refractivity contribution < 1.29 is 0 Å². The Labute approximate surface area is 105 Å². The van der Waals surface area contributed by atoms with Crippen molar-refractivity contribution in [1.82, 2.24) is 0 Å². The third kappa shape index (κ3) is 5.25. The fourth-order valence-electron chi connectivity index (χ4n) is 1.67. The van der Waals surface area contributed by atoms with Crippen LogP contribution in [0.3, 0.4) is 0 Å². The molecule has 2 atom stereocenters. The van der Waals surface area contributed by atoms with Crippen molar-refractivity contribution in [2.45, 2.75) is 26.7 Å². The van der Waals surface area contributed by atoms with Gasteiger partial charge in [0, 0.05) is 0 Å². The maximum absolute atomic E-state index is 3.69. The van der Waals surface area contributed by atoms with E-state index >= 15 is 0 Å². The summed E-state index contributed by atoms with van der Waals surface area (Å²) < 4.78 is 0. The molecule has 0 aromatic heterocycles. The molecule has 2 unspecified atom stereocenters. The molecular weight excluding hydrogens is 204 g/mol. The van der Waals surface area contributed by atoms with Crippen molar-refractivity contribution in [3.63, 3.8) is 0 Å². The highest BCUT2D eigenvalue weighted by atomic mass is 14.1. The first kappa shape index (κ1) is 13.4. The second kappa shape index (κ2) is 7.55. The van der Waals surface area contributed by atoms with Crippen LogP contribution in [0.25, 0.3) is 0 Å². The minimum Gasteiger partial charge on any atom is -0.0991 e. The van der Waals surface area contributed by atoms with E-state index in [4.69, 9.17) is 0 Å². The zero-order valence-electron chi connectivity index (χ0n) is 10.7. The maximum Gasteiger partial charge on any atom is -0.00765 e. The fraction of sp³-hybridized carbons (Fsp3) is 0.353. The van der Waals surface area contributed by atoms with Crippen LogP contribution < -0.4 is 0 Å². The smallest absolute Gasteiger partial charge is 0.00765 e. The maximum atomic E-state index is 3.69. The first-order valence-electron chi connectivity index (χ1n) is 6.15. The molecule has 1 aliphatic rings. The summed E-state index contributed by atoms with van der Waals surface area (Å²) in [7, 11) is 0. The van der Waals surface area contributed by atoms with Gasteiger partial charge < -0.3 is 0 Å². The molecule has 0 radical (unpaired) electrons. The van der Waals surface area contributed by atoms with E-state index in [0.717, 1.165) is 6.42 Å². The minimum absolute atomic E-state index is 0.590. The van der Waals surface area contributed by atoms with Crippen molar-refractivity contribution in [2.24, 2.45) is 11.8 Å². The summed E-state index contributed by atoms with van der Waals surface area (Å²) in [6, 6.07) is 0. The van der Waals surface area contributed by atoms with Crippen LogP contribution in [-0.4, -0.2) is 0 Å². The lowest BCUT2D eigenvalue weighted by atomic mass is 9.89. The van der Waals surface area contributed by atoms with Crippen LogP contribution in [0, 0.1) is 11.8 Å². The molecule has 0 spiro atoms. The van der Waals surface area contributed by atoms with Crippen LogP contribution in [0.5, 0.6) is 0 Å². The molecule has 0 saturated carbocycles. The molecule has 0 aromatic rings. The van der Waals surface area contributed by atoms with E-state index in [-0.39, 0.29) is 0 Å². The summed E-state index contributed by atoms with van der Waals surface area (Å²) >= 11 is 0. The van der Waals surface area contributed by atoms with Gasteiger partial charge >= 0.3 is 0 Å². The van der Waals surface area contributed by atoms with Gasteiger partial charge in [0.2, 0.25) is 0 Å². The topological polar surface area (TPSA) is 0 Å². The molecule has 0 heteroatoms. The highest BCUT2D eigenvalue weighted by Gasteiger charge is 2.09. The number of rotatable bonds is 6. The minimum atomic E-state index is 0.590. The molecule has 1 rings (SSSR count). The van der Waals surface area contributed by atoms with E-state index in [9.17, 15) is 0 Å². The molecule has 0 saturated heterocycles. The Morgan fingerprint density at radius 3 is 2.94 bits per heavy atom. The average Bonchev–Trinajstić information content (AvgIpc) is 2.61. The largest absolute Gasteiger partial charge is 0.0991 e. The van der Waals surface area contributed by atoms with Crippen molar-refractivity contribution >= 4 is 0 Å². The highest BCUT2D eigenvalue weighted by Crippen LogP contribution is 2.21. The van der Waals surface area contributed by atoms with E-state index in [1.165, 1.54) is 12.0 Å². The van der Waals surface area contributed by atoms with Crippen molar-refractivity contribution in [3.05, 3.63) is 65.8 Å². The molecule has 0 amide bonds. The van der Waals surface area contributed by atoms with E-state index < -0.39 is 0 Å². The Balaban J connectivity index is 2.44. The molecule has 0 N–H and O–H groups in total. The molecule has 0 heterocycles. The Hall–Kier alpha value is -1.70. The zero-order valence-corrected chi connectivity index (χ0v) is 10.7. The van der Waals surface area contributed by atoms with E-state index in [1.54, 1.807) is 0 Å². The second-order valence-corrected chi connectivity index (χ2v) is 4.46. The fourth-order valence-corrected chi connectivity index (χ4v) is 1.67. The van der Waals surface area contributed by atoms with Gasteiger partial charge in [0.05, 0.1) is 0 Å². The van der Waals surface area contributed by atoms with Gasteiger partial charge in [0.15, 0.2) is 0 Å². The summed E-state index contributed by atoms with van der Waals surface area (Å²) in [4.78, 5) is 0. The van der Waals surface area contributed by atoms with Gasteiger partial charge in [-0.05, 0) is 54.2 Å². The van der Waals surface area contributed by atoms with Crippen LogP contribution >= 0.6 is 0 Å². The average molecular weight is 224 g/mol. The summed E-state index contributed by atoms with van der Waals surface area (Å²) in [6.07, 6.45) is 14.3. The first-order valence-corrected chi connectivity index (χ1v) is 6.15. The van der Waals surface area contributed by atoms with Gasteiger partial charge in [-0.15, -0.1) is 0 Å². The second-order valence-electron chi connectivity index (χ2n) is 4.46. The summed E-state index contributed by atoms with van der Waals surface area (Å²) in [5, 5.41) is 0. The van der Waals surface area contributed by atoms with E-state index in [1.807, 2.05) is 24.3 Å². The molecule has 0 fully saturated rings. The molecule has 1 aliphatic carbocycles. The van der Waals surface area contributed by atoms with Crippen LogP contribution in [0.15, 0.2) is 65.8 Å². The summed E-state index contributed by atoms with van der Waals surface area (Å²) in [5.74, 6) is 1.26. The predicted octanol–water partition coefficient (Wildman–Crippen LogP) is 4.74. The van der Waals surface area contributed by atoms with Gasteiger partial charge in [-0.2, -0.15) is 0 Å². The lowest BCUT2D eigenvalue weighted by molar-refractivity contribution is 0.429. The molecule has 0 bridgehead atoms. The normalized spacial score (nSPS) is 16.9. The van der Waals surface area contributed by atoms with Crippen molar-refractivity contribution in [3.8, 4) is 0 Å². The Kier molecular flexibility index (Phi) is 5.94. The lowest BCUT2D eigenvalue weighted by Crippen LogP contribution is -2.05. The number of hydrogen-bond acceptors (Lipinski definition) is 0. The quantitative estimate of drug-likeness (QED) is 0.451. The zero-order chi connectivity index (χ0) is 12.5. The van der Waals surface area contributed by atoms with E-state index in [0.29, 0.717) is 11.8 Å². The monoisotopic (exact) mass is 224 g/mol. The molecule has 0 aliphatic heterocycles. The SMILES string of the molecule is C=CC=CC(C)C(C)CCC1=CC=C=C=C=C1. The number of allylic oxidation sites excluding steroid dienone is 7.